The molecular weight excluding hydrogens is 394 g/mol. The molecule has 3 aromatic rings. The van der Waals surface area contributed by atoms with E-state index in [1.54, 1.807) is 6.21 Å². The van der Waals surface area contributed by atoms with Gasteiger partial charge in [0.05, 0.1) is 6.21 Å². The van der Waals surface area contributed by atoms with E-state index < -0.39 is 0 Å². The second kappa shape index (κ2) is 11.0. The fourth-order valence-corrected chi connectivity index (χ4v) is 2.85. The summed E-state index contributed by atoms with van der Waals surface area (Å²) in [5.74, 6) is 1.58. The second-order valence-electron chi connectivity index (χ2n) is 6.67. The Hall–Kier alpha value is -3.38. The molecule has 0 saturated carbocycles. The van der Waals surface area contributed by atoms with Crippen molar-refractivity contribution >= 4 is 29.2 Å². The highest BCUT2D eigenvalue weighted by Crippen LogP contribution is 2.18. The SMILES string of the molecule is Cc1ccc(OCCOc2ccccc2C=NNC(=S)Nc2ccccc2)cc1C. The van der Waals surface area contributed by atoms with Crippen LogP contribution in [0.5, 0.6) is 11.5 Å². The minimum absolute atomic E-state index is 0.414. The number of thiocarbonyl (C=S) groups is 1. The highest BCUT2D eigenvalue weighted by atomic mass is 32.1. The first-order chi connectivity index (χ1) is 14.6. The minimum Gasteiger partial charge on any atom is -0.490 e. The number of aryl methyl sites for hydroxylation is 2. The van der Waals surface area contributed by atoms with E-state index in [0.29, 0.717) is 18.3 Å². The van der Waals surface area contributed by atoms with Gasteiger partial charge in [-0.25, -0.2) is 0 Å². The third-order valence-corrected chi connectivity index (χ3v) is 4.60. The molecule has 0 fully saturated rings. The molecule has 30 heavy (non-hydrogen) atoms. The van der Waals surface area contributed by atoms with Gasteiger partial charge in [-0.05, 0) is 73.6 Å². The Balaban J connectivity index is 1.48. The van der Waals surface area contributed by atoms with Gasteiger partial charge in [-0.2, -0.15) is 5.10 Å². The highest BCUT2D eigenvalue weighted by Gasteiger charge is 2.02. The summed E-state index contributed by atoms with van der Waals surface area (Å²) in [6.45, 7) is 5.04. The molecule has 0 aliphatic heterocycles. The van der Waals surface area contributed by atoms with Gasteiger partial charge in [0.1, 0.15) is 24.7 Å². The fourth-order valence-electron chi connectivity index (χ4n) is 2.67. The molecule has 6 heteroatoms. The first-order valence-electron chi connectivity index (χ1n) is 9.69. The molecule has 0 spiro atoms. The van der Waals surface area contributed by atoms with Crippen molar-refractivity contribution in [1.29, 1.82) is 0 Å². The Morgan fingerprint density at radius 2 is 1.63 bits per heavy atom. The number of nitrogens with one attached hydrogen (secondary N) is 2. The Labute approximate surface area is 182 Å². The summed E-state index contributed by atoms with van der Waals surface area (Å²) < 4.78 is 11.6. The number of hydrogen-bond acceptors (Lipinski definition) is 4. The zero-order valence-electron chi connectivity index (χ0n) is 17.1. The van der Waals surface area contributed by atoms with Crippen LogP contribution in [0.2, 0.25) is 0 Å². The molecule has 2 N–H and O–H groups in total. The zero-order chi connectivity index (χ0) is 21.2. The lowest BCUT2D eigenvalue weighted by Gasteiger charge is -2.11. The largest absolute Gasteiger partial charge is 0.490 e. The van der Waals surface area contributed by atoms with Gasteiger partial charge >= 0.3 is 0 Å². The van der Waals surface area contributed by atoms with Crippen LogP contribution in [-0.4, -0.2) is 24.5 Å². The van der Waals surface area contributed by atoms with Crippen molar-refractivity contribution in [1.82, 2.24) is 5.43 Å². The van der Waals surface area contributed by atoms with Crippen molar-refractivity contribution in [3.63, 3.8) is 0 Å². The van der Waals surface area contributed by atoms with Crippen molar-refractivity contribution in [3.05, 3.63) is 89.5 Å². The van der Waals surface area contributed by atoms with E-state index in [1.807, 2.05) is 66.7 Å². The molecule has 0 amide bonds. The van der Waals surface area contributed by atoms with Gasteiger partial charge in [0.2, 0.25) is 0 Å². The van der Waals surface area contributed by atoms with Crippen molar-refractivity contribution in [3.8, 4) is 11.5 Å². The smallest absolute Gasteiger partial charge is 0.191 e. The molecule has 0 heterocycles. The fraction of sp³-hybridized carbons (Fsp3) is 0.167. The number of para-hydroxylation sites is 2. The maximum Gasteiger partial charge on any atom is 0.191 e. The normalized spacial score (nSPS) is 10.6. The van der Waals surface area contributed by atoms with Crippen molar-refractivity contribution in [2.45, 2.75) is 13.8 Å². The Morgan fingerprint density at radius 3 is 2.43 bits per heavy atom. The van der Waals surface area contributed by atoms with Crippen LogP contribution in [0.25, 0.3) is 0 Å². The van der Waals surface area contributed by atoms with Gasteiger partial charge in [0.25, 0.3) is 0 Å². The van der Waals surface area contributed by atoms with Gasteiger partial charge in [-0.15, -0.1) is 0 Å². The summed E-state index contributed by atoms with van der Waals surface area (Å²) in [7, 11) is 0. The van der Waals surface area contributed by atoms with Gasteiger partial charge in [0.15, 0.2) is 5.11 Å². The van der Waals surface area contributed by atoms with Gasteiger partial charge in [0, 0.05) is 11.3 Å². The van der Waals surface area contributed by atoms with Crippen LogP contribution in [0.4, 0.5) is 5.69 Å². The van der Waals surface area contributed by atoms with Crippen LogP contribution in [0.1, 0.15) is 16.7 Å². The Kier molecular flexibility index (Phi) is 7.80. The maximum absolute atomic E-state index is 5.87. The van der Waals surface area contributed by atoms with Crippen LogP contribution in [0, 0.1) is 13.8 Å². The van der Waals surface area contributed by atoms with Crippen LogP contribution in [0.3, 0.4) is 0 Å². The predicted octanol–water partition coefficient (Wildman–Crippen LogP) is 5.08. The summed E-state index contributed by atoms with van der Waals surface area (Å²) in [5, 5.41) is 7.68. The molecule has 3 aromatic carbocycles. The molecule has 0 bridgehead atoms. The van der Waals surface area contributed by atoms with Crippen LogP contribution >= 0.6 is 12.2 Å². The third-order valence-electron chi connectivity index (χ3n) is 4.41. The monoisotopic (exact) mass is 419 g/mol. The van der Waals surface area contributed by atoms with Gasteiger partial charge in [-0.1, -0.05) is 36.4 Å². The Morgan fingerprint density at radius 1 is 0.900 bits per heavy atom. The Bertz CT molecular complexity index is 1010. The standard InChI is InChI=1S/C24H25N3O2S/c1-18-12-13-22(16-19(18)2)28-14-15-29-23-11-7-6-8-20(23)17-25-27-24(30)26-21-9-4-3-5-10-21/h3-13,16-17H,14-15H2,1-2H3,(H2,26,27,30). The molecule has 154 valence electrons. The number of hydrogen-bond donors (Lipinski definition) is 2. The molecule has 0 radical (unpaired) electrons. The summed E-state index contributed by atoms with van der Waals surface area (Å²) in [6.07, 6.45) is 1.68. The lowest BCUT2D eigenvalue weighted by molar-refractivity contribution is 0.217. The van der Waals surface area contributed by atoms with E-state index in [0.717, 1.165) is 22.7 Å². The molecule has 0 aromatic heterocycles. The van der Waals surface area contributed by atoms with E-state index >= 15 is 0 Å². The molecule has 0 saturated heterocycles. The van der Waals surface area contributed by atoms with Gasteiger partial charge < -0.3 is 14.8 Å². The van der Waals surface area contributed by atoms with E-state index in [1.165, 1.54) is 11.1 Å². The topological polar surface area (TPSA) is 54.9 Å². The molecular formula is C24H25N3O2S. The summed E-state index contributed by atoms with van der Waals surface area (Å²) >= 11 is 5.25. The predicted molar refractivity (Wildman–Crippen MR) is 127 cm³/mol. The number of nitrogens with zero attached hydrogens (tertiary/aromatic N) is 1. The summed E-state index contributed by atoms with van der Waals surface area (Å²) in [4.78, 5) is 0. The summed E-state index contributed by atoms with van der Waals surface area (Å²) in [6, 6.07) is 23.4. The van der Waals surface area contributed by atoms with Crippen LogP contribution < -0.4 is 20.2 Å². The molecule has 0 aliphatic rings. The molecule has 0 aliphatic carbocycles. The molecule has 0 atom stereocenters. The van der Waals surface area contributed by atoms with Gasteiger partial charge in [-0.3, -0.25) is 5.43 Å². The zero-order valence-corrected chi connectivity index (χ0v) is 17.9. The van der Waals surface area contributed by atoms with E-state index in [2.05, 4.69) is 35.8 Å². The number of ether oxygens (including phenoxy) is 2. The van der Waals surface area contributed by atoms with Crippen LogP contribution in [0.15, 0.2) is 77.9 Å². The number of anilines is 1. The number of hydrazone groups is 1. The molecule has 0 unspecified atom stereocenters. The first kappa shape index (κ1) is 21.3. The highest BCUT2D eigenvalue weighted by molar-refractivity contribution is 7.80. The van der Waals surface area contributed by atoms with E-state index in [-0.39, 0.29) is 0 Å². The second-order valence-corrected chi connectivity index (χ2v) is 7.08. The van der Waals surface area contributed by atoms with E-state index in [4.69, 9.17) is 21.7 Å². The lowest BCUT2D eigenvalue weighted by Crippen LogP contribution is -2.23. The van der Waals surface area contributed by atoms with E-state index in [9.17, 15) is 0 Å². The number of rotatable bonds is 8. The summed E-state index contributed by atoms with van der Waals surface area (Å²) in [5.41, 5.74) is 7.02. The van der Waals surface area contributed by atoms with Crippen molar-refractivity contribution in [2.75, 3.05) is 18.5 Å². The number of benzene rings is 3. The van der Waals surface area contributed by atoms with Crippen LogP contribution in [-0.2, 0) is 0 Å². The average molecular weight is 420 g/mol. The molecule has 3 rings (SSSR count). The maximum atomic E-state index is 5.87. The van der Waals surface area contributed by atoms with Crippen molar-refractivity contribution in [2.24, 2.45) is 5.10 Å². The minimum atomic E-state index is 0.414. The van der Waals surface area contributed by atoms with Crippen molar-refractivity contribution < 1.29 is 9.47 Å². The first-order valence-corrected chi connectivity index (χ1v) is 10.1. The average Bonchev–Trinajstić information content (AvgIpc) is 2.75. The quantitative estimate of drug-likeness (QED) is 0.231. The molecule has 5 nitrogen and oxygen atoms in total. The third kappa shape index (κ3) is 6.60. The lowest BCUT2D eigenvalue weighted by atomic mass is 10.1.